The van der Waals surface area contributed by atoms with Crippen LogP contribution in [0, 0.1) is 6.92 Å². The summed E-state index contributed by atoms with van der Waals surface area (Å²) in [6.07, 6.45) is 1.02. The summed E-state index contributed by atoms with van der Waals surface area (Å²) in [5, 5.41) is 12.0. The van der Waals surface area contributed by atoms with E-state index >= 15 is 0 Å². The van der Waals surface area contributed by atoms with Gasteiger partial charge < -0.3 is 10.4 Å². The summed E-state index contributed by atoms with van der Waals surface area (Å²) in [5.41, 5.74) is 2.31. The highest BCUT2D eigenvalue weighted by Crippen LogP contribution is 2.16. The molecule has 0 saturated carbocycles. The number of nitrogens with one attached hydrogen (secondary N) is 1. The highest BCUT2D eigenvalue weighted by molar-refractivity contribution is 5.89. The summed E-state index contributed by atoms with van der Waals surface area (Å²) in [4.78, 5) is 10.7. The van der Waals surface area contributed by atoms with E-state index in [1.54, 1.807) is 12.1 Å². The van der Waals surface area contributed by atoms with Crippen molar-refractivity contribution in [1.29, 1.82) is 0 Å². The zero-order valence-corrected chi connectivity index (χ0v) is 8.50. The van der Waals surface area contributed by atoms with Gasteiger partial charge in [0.25, 0.3) is 0 Å². The lowest BCUT2D eigenvalue weighted by Gasteiger charge is -2.08. The Labute approximate surface area is 83.8 Å². The van der Waals surface area contributed by atoms with Crippen LogP contribution in [0.1, 0.15) is 29.3 Å². The molecule has 1 rings (SSSR count). The summed E-state index contributed by atoms with van der Waals surface area (Å²) >= 11 is 0. The molecule has 0 aliphatic rings. The first-order valence-corrected chi connectivity index (χ1v) is 4.73. The maximum absolute atomic E-state index is 10.7. The number of aromatic carboxylic acids is 1. The van der Waals surface area contributed by atoms with Crippen molar-refractivity contribution in [2.45, 2.75) is 20.3 Å². The Hall–Kier alpha value is -1.51. The van der Waals surface area contributed by atoms with Crippen LogP contribution in [0.5, 0.6) is 0 Å². The quantitative estimate of drug-likeness (QED) is 0.772. The third-order valence-electron chi connectivity index (χ3n) is 2.05. The zero-order chi connectivity index (χ0) is 10.6. The molecule has 0 fully saturated rings. The van der Waals surface area contributed by atoms with Gasteiger partial charge in [0.2, 0.25) is 0 Å². The lowest BCUT2D eigenvalue weighted by atomic mass is 10.1. The van der Waals surface area contributed by atoms with E-state index in [9.17, 15) is 4.79 Å². The lowest BCUT2D eigenvalue weighted by molar-refractivity contribution is 0.0697. The van der Waals surface area contributed by atoms with Gasteiger partial charge in [-0.05, 0) is 31.0 Å². The van der Waals surface area contributed by atoms with Crippen molar-refractivity contribution in [3.05, 3.63) is 29.3 Å². The van der Waals surface area contributed by atoms with Crippen LogP contribution < -0.4 is 5.32 Å². The number of carboxylic acids is 1. The predicted molar refractivity (Wildman–Crippen MR) is 56.9 cm³/mol. The molecule has 3 heteroatoms. The number of carboxylic acid groups (broad SMARTS) is 1. The number of rotatable bonds is 4. The summed E-state index contributed by atoms with van der Waals surface area (Å²) in [5.74, 6) is -0.885. The molecule has 1 aromatic rings. The van der Waals surface area contributed by atoms with Crippen LogP contribution in [0.25, 0.3) is 0 Å². The number of carbonyl (C=O) groups is 1. The first kappa shape index (κ1) is 10.6. The summed E-state index contributed by atoms with van der Waals surface area (Å²) in [6.45, 7) is 4.90. The highest BCUT2D eigenvalue weighted by atomic mass is 16.4. The maximum atomic E-state index is 10.7. The van der Waals surface area contributed by atoms with Gasteiger partial charge in [-0.1, -0.05) is 13.0 Å². The fraction of sp³-hybridized carbons (Fsp3) is 0.364. The van der Waals surface area contributed by atoms with Gasteiger partial charge in [-0.15, -0.1) is 0 Å². The lowest BCUT2D eigenvalue weighted by Crippen LogP contribution is -2.04. The zero-order valence-electron chi connectivity index (χ0n) is 8.50. The number of hydrogen-bond donors (Lipinski definition) is 2. The van der Waals surface area contributed by atoms with Crippen LogP contribution in [0.15, 0.2) is 18.2 Å². The molecule has 0 radical (unpaired) electrons. The molecule has 0 atom stereocenters. The van der Waals surface area contributed by atoms with Crippen molar-refractivity contribution in [2.75, 3.05) is 11.9 Å². The van der Waals surface area contributed by atoms with Crippen molar-refractivity contribution >= 4 is 11.7 Å². The molecule has 76 valence electrons. The Morgan fingerprint density at radius 1 is 1.50 bits per heavy atom. The molecule has 2 N–H and O–H groups in total. The predicted octanol–water partition coefficient (Wildman–Crippen LogP) is 2.52. The van der Waals surface area contributed by atoms with E-state index in [-0.39, 0.29) is 0 Å². The van der Waals surface area contributed by atoms with Gasteiger partial charge in [0, 0.05) is 12.2 Å². The standard InChI is InChI=1S/C11H15NO2/c1-3-6-12-10-7-9(11(13)14)5-4-8(10)2/h4-5,7,12H,3,6H2,1-2H3,(H,13,14). The van der Waals surface area contributed by atoms with Crippen LogP contribution in [0.3, 0.4) is 0 Å². The summed E-state index contributed by atoms with van der Waals surface area (Å²) in [7, 11) is 0. The second kappa shape index (κ2) is 4.65. The molecule has 0 amide bonds. The molecule has 0 heterocycles. The molecule has 0 unspecified atom stereocenters. The van der Waals surface area contributed by atoms with Gasteiger partial charge in [-0.2, -0.15) is 0 Å². The Bertz CT molecular complexity index is 334. The number of benzene rings is 1. The van der Waals surface area contributed by atoms with Crippen LogP contribution in [-0.2, 0) is 0 Å². The minimum atomic E-state index is -0.885. The molecule has 1 aromatic carbocycles. The average molecular weight is 193 g/mol. The van der Waals surface area contributed by atoms with Crippen molar-refractivity contribution in [3.63, 3.8) is 0 Å². The van der Waals surface area contributed by atoms with Crippen LogP contribution >= 0.6 is 0 Å². The van der Waals surface area contributed by atoms with Gasteiger partial charge in [-0.3, -0.25) is 0 Å². The Balaban J connectivity index is 2.90. The molecular weight excluding hydrogens is 178 g/mol. The monoisotopic (exact) mass is 193 g/mol. The van der Waals surface area contributed by atoms with Crippen molar-refractivity contribution < 1.29 is 9.90 Å². The van der Waals surface area contributed by atoms with Crippen molar-refractivity contribution in [2.24, 2.45) is 0 Å². The molecule has 0 aromatic heterocycles. The molecule has 0 bridgehead atoms. The second-order valence-electron chi connectivity index (χ2n) is 3.26. The first-order chi connectivity index (χ1) is 6.65. The first-order valence-electron chi connectivity index (χ1n) is 4.73. The van der Waals surface area contributed by atoms with Crippen LogP contribution in [0.2, 0.25) is 0 Å². The number of aryl methyl sites for hydroxylation is 1. The van der Waals surface area contributed by atoms with E-state index in [4.69, 9.17) is 5.11 Å². The fourth-order valence-corrected chi connectivity index (χ4v) is 1.21. The maximum Gasteiger partial charge on any atom is 0.335 e. The van der Waals surface area contributed by atoms with E-state index in [1.807, 2.05) is 13.0 Å². The van der Waals surface area contributed by atoms with Crippen LogP contribution in [0.4, 0.5) is 5.69 Å². The highest BCUT2D eigenvalue weighted by Gasteiger charge is 2.04. The average Bonchev–Trinajstić information content (AvgIpc) is 2.16. The van der Waals surface area contributed by atoms with E-state index in [2.05, 4.69) is 12.2 Å². The van der Waals surface area contributed by atoms with E-state index in [0.29, 0.717) is 5.56 Å². The molecule has 0 spiro atoms. The van der Waals surface area contributed by atoms with Crippen LogP contribution in [-0.4, -0.2) is 17.6 Å². The SMILES string of the molecule is CCCNc1cc(C(=O)O)ccc1C. The Morgan fingerprint density at radius 2 is 2.21 bits per heavy atom. The molecule has 0 aliphatic heterocycles. The topological polar surface area (TPSA) is 49.3 Å². The molecule has 0 saturated heterocycles. The smallest absolute Gasteiger partial charge is 0.335 e. The molecule has 14 heavy (non-hydrogen) atoms. The van der Waals surface area contributed by atoms with E-state index in [0.717, 1.165) is 24.2 Å². The summed E-state index contributed by atoms with van der Waals surface area (Å²) in [6, 6.07) is 5.11. The van der Waals surface area contributed by atoms with Crippen molar-refractivity contribution in [3.8, 4) is 0 Å². The molecule has 0 aliphatic carbocycles. The minimum absolute atomic E-state index is 0.328. The third-order valence-corrected chi connectivity index (χ3v) is 2.05. The minimum Gasteiger partial charge on any atom is -0.478 e. The summed E-state index contributed by atoms with van der Waals surface area (Å²) < 4.78 is 0. The Kier molecular flexibility index (Phi) is 3.51. The van der Waals surface area contributed by atoms with Gasteiger partial charge >= 0.3 is 5.97 Å². The van der Waals surface area contributed by atoms with Crippen molar-refractivity contribution in [1.82, 2.24) is 0 Å². The van der Waals surface area contributed by atoms with E-state index < -0.39 is 5.97 Å². The number of hydrogen-bond acceptors (Lipinski definition) is 2. The number of anilines is 1. The van der Waals surface area contributed by atoms with E-state index in [1.165, 1.54) is 0 Å². The van der Waals surface area contributed by atoms with Gasteiger partial charge in [0.05, 0.1) is 5.56 Å². The third kappa shape index (κ3) is 2.49. The Morgan fingerprint density at radius 3 is 2.79 bits per heavy atom. The van der Waals surface area contributed by atoms with Gasteiger partial charge in [-0.25, -0.2) is 4.79 Å². The second-order valence-corrected chi connectivity index (χ2v) is 3.26. The van der Waals surface area contributed by atoms with Gasteiger partial charge in [0.1, 0.15) is 0 Å². The molecular formula is C11H15NO2. The largest absolute Gasteiger partial charge is 0.478 e. The fourth-order valence-electron chi connectivity index (χ4n) is 1.21. The van der Waals surface area contributed by atoms with Gasteiger partial charge in [0.15, 0.2) is 0 Å². The normalized spacial score (nSPS) is 9.86. The molecule has 3 nitrogen and oxygen atoms in total.